The van der Waals surface area contributed by atoms with Crippen molar-refractivity contribution in [3.05, 3.63) is 48.0 Å². The van der Waals surface area contributed by atoms with Crippen molar-refractivity contribution >= 4 is 20.8 Å². The molecule has 0 amide bonds. The highest BCUT2D eigenvalue weighted by molar-refractivity contribution is 7.90. The largest absolute Gasteiger partial charge is 0.511 e. The number of benzene rings is 2. The molecule has 1 atom stereocenters. The maximum atomic E-state index is 12.2. The molecule has 0 saturated heterocycles. The van der Waals surface area contributed by atoms with Gasteiger partial charge in [0, 0.05) is 6.54 Å². The topological polar surface area (TPSA) is 46.2 Å². The first-order valence-corrected chi connectivity index (χ1v) is 7.73. The first-order chi connectivity index (χ1) is 9.71. The van der Waals surface area contributed by atoms with Gasteiger partial charge in [0.15, 0.2) is 0 Å². The van der Waals surface area contributed by atoms with Gasteiger partial charge < -0.3 is 0 Å². The lowest BCUT2D eigenvalue weighted by molar-refractivity contribution is -0.0447. The maximum Gasteiger partial charge on any atom is 0.511 e. The number of nitrogens with one attached hydrogen (secondary N) is 1. The zero-order chi connectivity index (χ0) is 15.7. The van der Waals surface area contributed by atoms with Crippen LogP contribution in [0.25, 0.3) is 10.8 Å². The van der Waals surface area contributed by atoms with E-state index in [0.717, 1.165) is 16.3 Å². The van der Waals surface area contributed by atoms with E-state index in [-0.39, 0.29) is 12.5 Å². The molecular weight excluding hydrogens is 303 g/mol. The van der Waals surface area contributed by atoms with Crippen LogP contribution in [0.5, 0.6) is 0 Å². The minimum atomic E-state index is -5.29. The van der Waals surface area contributed by atoms with Crippen molar-refractivity contribution in [2.24, 2.45) is 0 Å². The van der Waals surface area contributed by atoms with E-state index in [1.165, 1.54) is 0 Å². The second kappa shape index (κ2) is 5.65. The summed E-state index contributed by atoms with van der Waals surface area (Å²) in [6.07, 6.45) is 0. The van der Waals surface area contributed by atoms with Crippen LogP contribution in [0.2, 0.25) is 0 Å². The van der Waals surface area contributed by atoms with Crippen molar-refractivity contribution in [1.82, 2.24) is 4.72 Å². The van der Waals surface area contributed by atoms with Crippen LogP contribution in [0.4, 0.5) is 13.2 Å². The Labute approximate surface area is 120 Å². The molecule has 2 aromatic carbocycles. The Morgan fingerprint density at radius 3 is 2.33 bits per heavy atom. The highest BCUT2D eigenvalue weighted by atomic mass is 32.2. The lowest BCUT2D eigenvalue weighted by Crippen LogP contribution is -2.38. The molecule has 0 radical (unpaired) electrons. The normalized spacial score (nSPS) is 14.3. The molecule has 21 heavy (non-hydrogen) atoms. The maximum absolute atomic E-state index is 12.2. The van der Waals surface area contributed by atoms with Crippen molar-refractivity contribution < 1.29 is 21.6 Å². The molecule has 114 valence electrons. The van der Waals surface area contributed by atoms with Crippen LogP contribution in [0.15, 0.2) is 42.5 Å². The van der Waals surface area contributed by atoms with E-state index in [0.29, 0.717) is 0 Å². The molecule has 7 heteroatoms. The van der Waals surface area contributed by atoms with Crippen molar-refractivity contribution in [2.45, 2.75) is 18.3 Å². The SMILES string of the molecule is CC(CNS(=O)(=O)C(F)(F)F)c1ccc2ccccc2c1. The standard InChI is InChI=1S/C14H14F3NO2S/c1-10(9-18-21(19,20)14(15,16)17)12-7-6-11-4-2-3-5-13(11)8-12/h2-8,10,18H,9H2,1H3. The van der Waals surface area contributed by atoms with Gasteiger partial charge in [-0.15, -0.1) is 0 Å². The predicted molar refractivity (Wildman–Crippen MR) is 75.3 cm³/mol. The van der Waals surface area contributed by atoms with Gasteiger partial charge in [0.05, 0.1) is 0 Å². The molecule has 2 rings (SSSR count). The Morgan fingerprint density at radius 1 is 1.10 bits per heavy atom. The summed E-state index contributed by atoms with van der Waals surface area (Å²) in [4.78, 5) is 0. The van der Waals surface area contributed by atoms with E-state index in [2.05, 4.69) is 0 Å². The van der Waals surface area contributed by atoms with E-state index in [9.17, 15) is 21.6 Å². The molecule has 0 saturated carbocycles. The lowest BCUT2D eigenvalue weighted by atomic mass is 9.98. The molecule has 1 unspecified atom stereocenters. The molecule has 0 aromatic heterocycles. The third-order valence-electron chi connectivity index (χ3n) is 3.23. The number of hydrogen-bond acceptors (Lipinski definition) is 2. The average Bonchev–Trinajstić information content (AvgIpc) is 2.43. The Bertz CT molecular complexity index is 741. The summed E-state index contributed by atoms with van der Waals surface area (Å²) >= 11 is 0. The molecule has 0 heterocycles. The molecule has 0 fully saturated rings. The minimum Gasteiger partial charge on any atom is -0.207 e. The first kappa shape index (κ1) is 15.8. The number of rotatable bonds is 4. The van der Waals surface area contributed by atoms with E-state index in [1.807, 2.05) is 36.4 Å². The van der Waals surface area contributed by atoms with Gasteiger partial charge in [-0.05, 0) is 22.3 Å². The fraction of sp³-hybridized carbons (Fsp3) is 0.286. The monoisotopic (exact) mass is 317 g/mol. The molecule has 3 nitrogen and oxygen atoms in total. The Balaban J connectivity index is 2.14. The summed E-state index contributed by atoms with van der Waals surface area (Å²) in [6, 6.07) is 13.1. The molecule has 1 N–H and O–H groups in total. The number of fused-ring (bicyclic) bond motifs is 1. The van der Waals surface area contributed by atoms with Crippen molar-refractivity contribution in [3.63, 3.8) is 0 Å². The summed E-state index contributed by atoms with van der Waals surface area (Å²) in [5.74, 6) is -0.369. The first-order valence-electron chi connectivity index (χ1n) is 6.25. The van der Waals surface area contributed by atoms with Gasteiger partial charge >= 0.3 is 15.5 Å². The van der Waals surface area contributed by atoms with E-state index >= 15 is 0 Å². The molecule has 0 aliphatic rings. The summed E-state index contributed by atoms with van der Waals surface area (Å²) in [5, 5.41) is 1.98. The van der Waals surface area contributed by atoms with E-state index < -0.39 is 15.5 Å². The molecule has 0 aliphatic carbocycles. The van der Waals surface area contributed by atoms with Crippen LogP contribution in [0, 0.1) is 0 Å². The zero-order valence-electron chi connectivity index (χ0n) is 11.2. The molecule has 0 spiro atoms. The van der Waals surface area contributed by atoms with Gasteiger partial charge in [-0.25, -0.2) is 13.1 Å². The Kier molecular flexibility index (Phi) is 4.25. The van der Waals surface area contributed by atoms with Crippen LogP contribution in [-0.4, -0.2) is 20.5 Å². The highest BCUT2D eigenvalue weighted by Gasteiger charge is 2.45. The zero-order valence-corrected chi connectivity index (χ0v) is 12.0. The number of hydrogen-bond donors (Lipinski definition) is 1. The second-order valence-corrected chi connectivity index (χ2v) is 6.56. The van der Waals surface area contributed by atoms with Gasteiger partial charge in [0.25, 0.3) is 0 Å². The van der Waals surface area contributed by atoms with Gasteiger partial charge in [0.1, 0.15) is 0 Å². The van der Waals surface area contributed by atoms with E-state index in [4.69, 9.17) is 0 Å². The van der Waals surface area contributed by atoms with Gasteiger partial charge in [-0.3, -0.25) is 0 Å². The smallest absolute Gasteiger partial charge is 0.207 e. The minimum absolute atomic E-state index is 0.305. The fourth-order valence-electron chi connectivity index (χ4n) is 1.95. The average molecular weight is 317 g/mol. The highest BCUT2D eigenvalue weighted by Crippen LogP contribution is 2.24. The molecular formula is C14H14F3NO2S. The summed E-state index contributed by atoms with van der Waals surface area (Å²) in [6.45, 7) is 1.36. The number of sulfonamides is 1. The van der Waals surface area contributed by atoms with E-state index in [1.54, 1.807) is 17.7 Å². The quantitative estimate of drug-likeness (QED) is 0.939. The van der Waals surface area contributed by atoms with Crippen LogP contribution in [0.3, 0.4) is 0 Å². The van der Waals surface area contributed by atoms with Crippen LogP contribution in [0.1, 0.15) is 18.4 Å². The van der Waals surface area contributed by atoms with Gasteiger partial charge in [0.2, 0.25) is 0 Å². The summed E-state index contributed by atoms with van der Waals surface area (Å²) in [7, 11) is -5.29. The third kappa shape index (κ3) is 3.54. The van der Waals surface area contributed by atoms with Gasteiger partial charge in [-0.2, -0.15) is 13.2 Å². The third-order valence-corrected chi connectivity index (χ3v) is 4.38. The second-order valence-electron chi connectivity index (χ2n) is 4.81. The van der Waals surface area contributed by atoms with Crippen molar-refractivity contribution in [1.29, 1.82) is 0 Å². The number of alkyl halides is 3. The Morgan fingerprint density at radius 2 is 1.71 bits per heavy atom. The summed E-state index contributed by atoms with van der Waals surface area (Å²) < 4.78 is 60.3. The summed E-state index contributed by atoms with van der Waals surface area (Å²) in [5.41, 5.74) is -4.51. The van der Waals surface area contributed by atoms with Crippen molar-refractivity contribution in [2.75, 3.05) is 6.54 Å². The Hall–Kier alpha value is -1.60. The van der Waals surface area contributed by atoms with Crippen LogP contribution >= 0.6 is 0 Å². The predicted octanol–water partition coefficient (Wildman–Crippen LogP) is 3.38. The lowest BCUT2D eigenvalue weighted by Gasteiger charge is -2.15. The molecule has 0 bridgehead atoms. The van der Waals surface area contributed by atoms with Gasteiger partial charge in [-0.1, -0.05) is 49.4 Å². The molecule has 0 aliphatic heterocycles. The number of halogens is 3. The van der Waals surface area contributed by atoms with Crippen LogP contribution in [-0.2, 0) is 10.0 Å². The fourth-order valence-corrected chi connectivity index (χ4v) is 2.58. The van der Waals surface area contributed by atoms with Crippen molar-refractivity contribution in [3.8, 4) is 0 Å². The van der Waals surface area contributed by atoms with Crippen LogP contribution < -0.4 is 4.72 Å². The molecule has 2 aromatic rings.